The van der Waals surface area contributed by atoms with Crippen molar-refractivity contribution in [1.82, 2.24) is 14.9 Å². The molecule has 1 atom stereocenters. The number of nitrogens with one attached hydrogen (secondary N) is 1. The van der Waals surface area contributed by atoms with Crippen LogP contribution in [-0.4, -0.2) is 53.5 Å². The summed E-state index contributed by atoms with van der Waals surface area (Å²) in [5.74, 6) is 1.63. The molecule has 20 heavy (non-hydrogen) atoms. The monoisotopic (exact) mass is 277 g/mol. The van der Waals surface area contributed by atoms with Crippen LogP contribution in [0.4, 0.5) is 11.8 Å². The fourth-order valence-corrected chi connectivity index (χ4v) is 2.15. The molecule has 0 spiro atoms. The molecule has 0 radical (unpaired) electrons. The van der Waals surface area contributed by atoms with Gasteiger partial charge in [0.15, 0.2) is 0 Å². The van der Waals surface area contributed by atoms with Crippen LogP contribution in [0.3, 0.4) is 0 Å². The van der Waals surface area contributed by atoms with Gasteiger partial charge < -0.3 is 15.1 Å². The minimum atomic E-state index is 0.393. The Kier molecular flexibility index (Phi) is 4.76. The normalized spacial score (nSPS) is 16.9. The fourth-order valence-electron chi connectivity index (χ4n) is 2.15. The first-order valence-electron chi connectivity index (χ1n) is 7.19. The van der Waals surface area contributed by atoms with Crippen LogP contribution in [0.25, 0.3) is 0 Å². The maximum Gasteiger partial charge on any atom is 0.227 e. The van der Waals surface area contributed by atoms with Crippen LogP contribution >= 0.6 is 0 Å². The summed E-state index contributed by atoms with van der Waals surface area (Å²) >= 11 is 0. The van der Waals surface area contributed by atoms with E-state index >= 15 is 0 Å². The smallest absolute Gasteiger partial charge is 0.227 e. The van der Waals surface area contributed by atoms with E-state index in [2.05, 4.69) is 34.0 Å². The van der Waals surface area contributed by atoms with Crippen LogP contribution in [0.15, 0.2) is 6.07 Å². The van der Waals surface area contributed by atoms with E-state index < -0.39 is 0 Å². The largest absolute Gasteiger partial charge is 0.367 e. The van der Waals surface area contributed by atoms with Gasteiger partial charge in [-0.05, 0) is 20.3 Å². The van der Waals surface area contributed by atoms with Gasteiger partial charge in [-0.25, -0.2) is 4.98 Å². The molecule has 0 saturated carbocycles. The van der Waals surface area contributed by atoms with E-state index in [9.17, 15) is 4.79 Å². The zero-order valence-corrected chi connectivity index (χ0v) is 12.5. The van der Waals surface area contributed by atoms with Crippen LogP contribution < -0.4 is 10.2 Å². The third kappa shape index (κ3) is 3.59. The number of hydrogen-bond donors (Lipinski definition) is 1. The number of amides is 1. The maximum atomic E-state index is 10.7. The molecular weight excluding hydrogens is 254 g/mol. The topological polar surface area (TPSA) is 61.4 Å². The maximum absolute atomic E-state index is 10.7. The molecule has 1 aromatic rings. The van der Waals surface area contributed by atoms with Crippen molar-refractivity contribution < 1.29 is 4.79 Å². The molecule has 0 aliphatic carbocycles. The highest BCUT2D eigenvalue weighted by Gasteiger charge is 2.18. The second-order valence-corrected chi connectivity index (χ2v) is 5.28. The van der Waals surface area contributed by atoms with Gasteiger partial charge in [-0.1, -0.05) is 6.92 Å². The lowest BCUT2D eigenvalue weighted by Crippen LogP contribution is -2.46. The van der Waals surface area contributed by atoms with Crippen molar-refractivity contribution in [3.05, 3.63) is 11.8 Å². The van der Waals surface area contributed by atoms with Gasteiger partial charge in [0.25, 0.3) is 0 Å². The van der Waals surface area contributed by atoms with Crippen LogP contribution in [0.1, 0.15) is 26.0 Å². The molecular formula is C14H23N5O. The van der Waals surface area contributed by atoms with E-state index in [1.54, 1.807) is 4.90 Å². The highest BCUT2D eigenvalue weighted by molar-refractivity contribution is 5.49. The van der Waals surface area contributed by atoms with Crippen molar-refractivity contribution in [3.8, 4) is 0 Å². The molecule has 0 bridgehead atoms. The highest BCUT2D eigenvalue weighted by atomic mass is 16.1. The number of nitrogens with zero attached hydrogens (tertiary/aromatic N) is 4. The number of aromatic nitrogens is 2. The molecule has 2 heterocycles. The summed E-state index contributed by atoms with van der Waals surface area (Å²) in [5.41, 5.74) is 0.957. The van der Waals surface area contributed by atoms with Gasteiger partial charge in [0, 0.05) is 44.0 Å². The van der Waals surface area contributed by atoms with E-state index in [4.69, 9.17) is 0 Å². The van der Waals surface area contributed by atoms with Crippen molar-refractivity contribution in [2.75, 3.05) is 36.4 Å². The SMILES string of the molecule is CCC(C)Nc1cc(C)nc(N2CCN(C=O)CC2)n1. The third-order valence-electron chi connectivity index (χ3n) is 3.60. The van der Waals surface area contributed by atoms with Gasteiger partial charge in [-0.2, -0.15) is 4.98 Å². The minimum Gasteiger partial charge on any atom is -0.367 e. The third-order valence-corrected chi connectivity index (χ3v) is 3.60. The number of rotatable bonds is 5. The standard InChI is InChI=1S/C14H23N5O/c1-4-11(2)15-13-9-12(3)16-14(17-13)19-7-5-18(10-20)6-8-19/h9-11H,4-8H2,1-3H3,(H,15,16,17). The summed E-state index contributed by atoms with van der Waals surface area (Å²) in [5, 5.41) is 3.39. The van der Waals surface area contributed by atoms with E-state index in [1.807, 2.05) is 13.0 Å². The lowest BCUT2D eigenvalue weighted by molar-refractivity contribution is -0.118. The Bertz CT molecular complexity index is 457. The van der Waals surface area contributed by atoms with Crippen LogP contribution in [0, 0.1) is 6.92 Å². The summed E-state index contributed by atoms with van der Waals surface area (Å²) in [6.45, 7) is 9.29. The number of hydrogen-bond acceptors (Lipinski definition) is 5. The minimum absolute atomic E-state index is 0.393. The fraction of sp³-hybridized carbons (Fsp3) is 0.643. The summed E-state index contributed by atoms with van der Waals surface area (Å²) in [6, 6.07) is 2.36. The molecule has 1 amide bonds. The number of carbonyl (C=O) groups excluding carboxylic acids is 1. The Hall–Kier alpha value is -1.85. The van der Waals surface area contributed by atoms with Gasteiger partial charge in [0.1, 0.15) is 5.82 Å². The summed E-state index contributed by atoms with van der Waals surface area (Å²) in [7, 11) is 0. The van der Waals surface area contributed by atoms with Gasteiger partial charge in [-0.3, -0.25) is 4.79 Å². The van der Waals surface area contributed by atoms with E-state index in [1.165, 1.54) is 0 Å². The van der Waals surface area contributed by atoms with Crippen molar-refractivity contribution >= 4 is 18.2 Å². The van der Waals surface area contributed by atoms with Crippen LogP contribution in [0.2, 0.25) is 0 Å². The number of carbonyl (C=O) groups is 1. The van der Waals surface area contributed by atoms with E-state index in [0.29, 0.717) is 6.04 Å². The quantitative estimate of drug-likeness (QED) is 0.821. The molecule has 1 unspecified atom stereocenters. The Balaban J connectivity index is 2.09. The van der Waals surface area contributed by atoms with Gasteiger partial charge in [-0.15, -0.1) is 0 Å². The molecule has 6 heteroatoms. The predicted molar refractivity (Wildman–Crippen MR) is 80.0 cm³/mol. The summed E-state index contributed by atoms with van der Waals surface area (Å²) < 4.78 is 0. The average Bonchev–Trinajstić information content (AvgIpc) is 2.46. The van der Waals surface area contributed by atoms with Crippen LogP contribution in [0.5, 0.6) is 0 Å². The van der Waals surface area contributed by atoms with Crippen molar-refractivity contribution in [1.29, 1.82) is 0 Å². The van der Waals surface area contributed by atoms with Crippen molar-refractivity contribution in [2.24, 2.45) is 0 Å². The predicted octanol–water partition coefficient (Wildman–Crippen LogP) is 1.27. The van der Waals surface area contributed by atoms with Crippen molar-refractivity contribution in [2.45, 2.75) is 33.2 Å². The molecule has 1 aliphatic heterocycles. The first kappa shape index (κ1) is 14.6. The molecule has 1 aliphatic rings. The van der Waals surface area contributed by atoms with Gasteiger partial charge >= 0.3 is 0 Å². The molecule has 110 valence electrons. The Morgan fingerprint density at radius 2 is 2.05 bits per heavy atom. The Morgan fingerprint density at radius 3 is 2.65 bits per heavy atom. The molecule has 0 aromatic carbocycles. The molecule has 1 saturated heterocycles. The molecule has 1 aromatic heterocycles. The Morgan fingerprint density at radius 1 is 1.35 bits per heavy atom. The lowest BCUT2D eigenvalue weighted by Gasteiger charge is -2.32. The number of aryl methyl sites for hydroxylation is 1. The van der Waals surface area contributed by atoms with E-state index in [-0.39, 0.29) is 0 Å². The summed E-state index contributed by atoms with van der Waals surface area (Å²) in [6.07, 6.45) is 1.96. The van der Waals surface area contributed by atoms with Gasteiger partial charge in [0.05, 0.1) is 0 Å². The first-order valence-corrected chi connectivity index (χ1v) is 7.19. The van der Waals surface area contributed by atoms with Crippen LogP contribution in [-0.2, 0) is 4.79 Å². The number of piperazine rings is 1. The second kappa shape index (κ2) is 6.54. The zero-order chi connectivity index (χ0) is 14.5. The zero-order valence-electron chi connectivity index (χ0n) is 12.5. The Labute approximate surface area is 120 Å². The van der Waals surface area contributed by atoms with Gasteiger partial charge in [0.2, 0.25) is 12.4 Å². The summed E-state index contributed by atoms with van der Waals surface area (Å²) in [4.78, 5) is 23.8. The van der Waals surface area contributed by atoms with E-state index in [0.717, 1.165) is 56.5 Å². The second-order valence-electron chi connectivity index (χ2n) is 5.28. The highest BCUT2D eigenvalue weighted by Crippen LogP contribution is 2.16. The van der Waals surface area contributed by atoms with Crippen molar-refractivity contribution in [3.63, 3.8) is 0 Å². The average molecular weight is 277 g/mol. The lowest BCUT2D eigenvalue weighted by atomic mass is 10.2. The first-order chi connectivity index (χ1) is 9.62. The number of anilines is 2. The molecule has 2 rings (SSSR count). The molecule has 6 nitrogen and oxygen atoms in total. The molecule has 1 fully saturated rings. The molecule has 1 N–H and O–H groups in total.